The summed E-state index contributed by atoms with van der Waals surface area (Å²) in [7, 11) is 0. The van der Waals surface area contributed by atoms with Crippen molar-refractivity contribution < 1.29 is 0 Å². The highest BCUT2D eigenvalue weighted by Crippen LogP contribution is 2.22. The van der Waals surface area contributed by atoms with Crippen molar-refractivity contribution in [2.75, 3.05) is 0 Å². The van der Waals surface area contributed by atoms with Crippen LogP contribution in [0.1, 0.15) is 12.6 Å². The Kier molecular flexibility index (Phi) is 3.22. The predicted molar refractivity (Wildman–Crippen MR) is 50.6 cm³/mol. The molecule has 0 radical (unpaired) electrons. The highest BCUT2D eigenvalue weighted by molar-refractivity contribution is 9.08. The minimum absolute atomic E-state index is 0.451. The molecule has 0 unspecified atom stereocenters. The lowest BCUT2D eigenvalue weighted by molar-refractivity contribution is 0.736. The van der Waals surface area contributed by atoms with Gasteiger partial charge in [0.15, 0.2) is 5.15 Å². The van der Waals surface area contributed by atoms with Gasteiger partial charge in [-0.1, -0.05) is 27.5 Å². The monoisotopic (exact) mass is 256 g/mol. The highest BCUT2D eigenvalue weighted by atomic mass is 79.9. The Bertz CT molecular complexity index is 235. The zero-order valence-electron chi connectivity index (χ0n) is 5.94. The fraction of sp³-hybridized carbons (Fsp3) is 0.500. The van der Waals surface area contributed by atoms with E-state index in [0.717, 1.165) is 12.2 Å². The van der Waals surface area contributed by atoms with Crippen molar-refractivity contribution >= 4 is 39.1 Å². The molecule has 0 aliphatic heterocycles. The molecule has 0 aromatic carbocycles. The fourth-order valence-corrected chi connectivity index (χ4v) is 2.21. The van der Waals surface area contributed by atoms with Crippen molar-refractivity contribution in [1.82, 2.24) is 9.55 Å². The van der Waals surface area contributed by atoms with Crippen molar-refractivity contribution in [1.29, 1.82) is 0 Å². The fourth-order valence-electron chi connectivity index (χ4n) is 0.877. The average molecular weight is 258 g/mol. The number of imidazole rings is 1. The van der Waals surface area contributed by atoms with Gasteiger partial charge in [-0.15, -0.1) is 0 Å². The van der Waals surface area contributed by atoms with Gasteiger partial charge in [0, 0.05) is 11.9 Å². The summed E-state index contributed by atoms with van der Waals surface area (Å²) in [6, 6.07) is 0. The Morgan fingerprint density at radius 2 is 2.18 bits per heavy atom. The van der Waals surface area contributed by atoms with Gasteiger partial charge in [-0.05, 0) is 18.5 Å². The predicted octanol–water partition coefficient (Wildman–Crippen LogP) is 3.10. The van der Waals surface area contributed by atoms with Gasteiger partial charge in [-0.25, -0.2) is 4.98 Å². The van der Waals surface area contributed by atoms with Gasteiger partial charge in [0.05, 0.1) is 5.69 Å². The van der Waals surface area contributed by atoms with E-state index in [0.29, 0.717) is 15.8 Å². The van der Waals surface area contributed by atoms with Crippen LogP contribution in [0.5, 0.6) is 0 Å². The Morgan fingerprint density at radius 3 is 2.55 bits per heavy atom. The van der Waals surface area contributed by atoms with Gasteiger partial charge in [0.25, 0.3) is 0 Å². The highest BCUT2D eigenvalue weighted by Gasteiger charge is 2.10. The van der Waals surface area contributed by atoms with Crippen LogP contribution >= 0.6 is 39.1 Å². The van der Waals surface area contributed by atoms with Crippen molar-refractivity contribution in [2.45, 2.75) is 18.8 Å². The lowest BCUT2D eigenvalue weighted by Crippen LogP contribution is -1.98. The van der Waals surface area contributed by atoms with E-state index in [1.165, 1.54) is 0 Å². The van der Waals surface area contributed by atoms with E-state index in [2.05, 4.69) is 20.9 Å². The summed E-state index contributed by atoms with van der Waals surface area (Å²) in [5.41, 5.74) is 0.930. The minimum atomic E-state index is 0.451. The largest absolute Gasteiger partial charge is 0.317 e. The summed E-state index contributed by atoms with van der Waals surface area (Å²) < 4.78 is 1.86. The van der Waals surface area contributed by atoms with Gasteiger partial charge in [-0.3, -0.25) is 0 Å². The van der Waals surface area contributed by atoms with Crippen molar-refractivity contribution in [3.8, 4) is 0 Å². The number of nitrogens with zero attached hydrogens (tertiary/aromatic N) is 2. The van der Waals surface area contributed by atoms with Crippen LogP contribution in [0.4, 0.5) is 0 Å². The van der Waals surface area contributed by atoms with Crippen LogP contribution in [0.25, 0.3) is 0 Å². The molecule has 0 atom stereocenters. The molecular weight excluding hydrogens is 251 g/mol. The summed E-state index contributed by atoms with van der Waals surface area (Å²) >= 11 is 14.9. The second-order valence-electron chi connectivity index (χ2n) is 2.00. The second kappa shape index (κ2) is 3.78. The summed E-state index contributed by atoms with van der Waals surface area (Å²) in [6.45, 7) is 2.79. The Morgan fingerprint density at radius 1 is 1.55 bits per heavy atom. The van der Waals surface area contributed by atoms with E-state index in [4.69, 9.17) is 23.2 Å². The normalized spacial score (nSPS) is 10.5. The molecule has 0 spiro atoms. The van der Waals surface area contributed by atoms with Gasteiger partial charge < -0.3 is 4.57 Å². The molecule has 0 saturated heterocycles. The number of halogens is 3. The van der Waals surface area contributed by atoms with Crippen LogP contribution in [0.2, 0.25) is 10.4 Å². The van der Waals surface area contributed by atoms with E-state index in [1.807, 2.05) is 11.5 Å². The average Bonchev–Trinajstić information content (AvgIpc) is 2.24. The van der Waals surface area contributed by atoms with E-state index in [9.17, 15) is 0 Å². The number of hydrogen-bond acceptors (Lipinski definition) is 1. The lowest BCUT2D eigenvalue weighted by Gasteiger charge is -2.01. The first kappa shape index (κ1) is 9.36. The molecule has 1 heterocycles. The molecule has 62 valence electrons. The Balaban J connectivity index is 3.17. The third-order valence-corrected chi connectivity index (χ3v) is 2.54. The lowest BCUT2D eigenvalue weighted by atomic mass is 10.5. The van der Waals surface area contributed by atoms with Gasteiger partial charge >= 0.3 is 0 Å². The van der Waals surface area contributed by atoms with Crippen LogP contribution in [-0.2, 0) is 11.9 Å². The van der Waals surface area contributed by atoms with Crippen LogP contribution in [-0.4, -0.2) is 9.55 Å². The van der Waals surface area contributed by atoms with Crippen LogP contribution in [0, 0.1) is 0 Å². The molecule has 0 fully saturated rings. The van der Waals surface area contributed by atoms with E-state index in [-0.39, 0.29) is 0 Å². The molecule has 11 heavy (non-hydrogen) atoms. The molecule has 0 aliphatic carbocycles. The smallest absolute Gasteiger partial charge is 0.204 e. The Hall–Kier alpha value is 0.270. The minimum Gasteiger partial charge on any atom is -0.317 e. The molecule has 1 aromatic heterocycles. The SMILES string of the molecule is CCn1c(Cl)nc(Cl)c1CBr. The quantitative estimate of drug-likeness (QED) is 0.745. The topological polar surface area (TPSA) is 17.8 Å². The van der Waals surface area contributed by atoms with Crippen LogP contribution < -0.4 is 0 Å². The molecule has 0 saturated carbocycles. The number of hydrogen-bond donors (Lipinski definition) is 0. The zero-order chi connectivity index (χ0) is 8.43. The molecule has 0 aliphatic rings. The first-order valence-electron chi connectivity index (χ1n) is 3.17. The molecule has 1 rings (SSSR count). The summed E-state index contributed by atoms with van der Waals surface area (Å²) in [6.07, 6.45) is 0. The van der Waals surface area contributed by atoms with Crippen molar-refractivity contribution in [3.05, 3.63) is 16.1 Å². The maximum absolute atomic E-state index is 5.78. The van der Waals surface area contributed by atoms with Crippen molar-refractivity contribution in [2.24, 2.45) is 0 Å². The standard InChI is InChI=1S/C6H7BrCl2N2/c1-2-11-4(3-7)5(8)10-6(11)9/h2-3H2,1H3. The zero-order valence-corrected chi connectivity index (χ0v) is 9.04. The molecule has 0 N–H and O–H groups in total. The number of aromatic nitrogens is 2. The maximum Gasteiger partial charge on any atom is 0.204 e. The molecule has 2 nitrogen and oxygen atoms in total. The molecule has 1 aromatic rings. The summed E-state index contributed by atoms with van der Waals surface area (Å²) in [5.74, 6) is 0. The molecule has 0 bridgehead atoms. The first-order chi connectivity index (χ1) is 5.20. The van der Waals surface area contributed by atoms with Gasteiger partial charge in [-0.2, -0.15) is 0 Å². The Labute approximate surface area is 83.6 Å². The third-order valence-electron chi connectivity index (χ3n) is 1.42. The second-order valence-corrected chi connectivity index (χ2v) is 3.25. The van der Waals surface area contributed by atoms with E-state index < -0.39 is 0 Å². The summed E-state index contributed by atoms with van der Waals surface area (Å²) in [4.78, 5) is 3.92. The molecule has 0 amide bonds. The number of alkyl halides is 1. The van der Waals surface area contributed by atoms with Crippen LogP contribution in [0.15, 0.2) is 0 Å². The van der Waals surface area contributed by atoms with E-state index >= 15 is 0 Å². The van der Waals surface area contributed by atoms with Gasteiger partial charge in [0.2, 0.25) is 5.28 Å². The first-order valence-corrected chi connectivity index (χ1v) is 5.04. The molecular formula is C6H7BrCl2N2. The maximum atomic E-state index is 5.78. The van der Waals surface area contributed by atoms with Gasteiger partial charge in [0.1, 0.15) is 0 Å². The van der Waals surface area contributed by atoms with E-state index in [1.54, 1.807) is 0 Å². The van der Waals surface area contributed by atoms with Crippen LogP contribution in [0.3, 0.4) is 0 Å². The molecule has 5 heteroatoms. The number of rotatable bonds is 2. The van der Waals surface area contributed by atoms with Crippen molar-refractivity contribution in [3.63, 3.8) is 0 Å². The summed E-state index contributed by atoms with van der Waals surface area (Å²) in [5, 5.41) is 1.61. The third kappa shape index (κ3) is 1.71.